The Morgan fingerprint density at radius 1 is 0.917 bits per heavy atom. The van der Waals surface area contributed by atoms with Crippen LogP contribution in [0.3, 0.4) is 0 Å². The average Bonchev–Trinajstić information content (AvgIpc) is 3.11. The van der Waals surface area contributed by atoms with Crippen LogP contribution < -0.4 is 5.73 Å². The highest BCUT2D eigenvalue weighted by atomic mass is 32.1. The molecule has 0 fully saturated rings. The van der Waals surface area contributed by atoms with E-state index in [4.69, 9.17) is 11.1 Å². The number of rotatable bonds is 3. The van der Waals surface area contributed by atoms with Gasteiger partial charge in [-0.25, -0.2) is 4.98 Å². The molecule has 0 aliphatic heterocycles. The minimum absolute atomic E-state index is 0.0916. The van der Waals surface area contributed by atoms with Gasteiger partial charge in [0.1, 0.15) is 10.8 Å². The van der Waals surface area contributed by atoms with E-state index < -0.39 is 0 Å². The Labute approximate surface area is 143 Å². The van der Waals surface area contributed by atoms with Crippen LogP contribution in [0.2, 0.25) is 0 Å². The van der Waals surface area contributed by atoms with E-state index in [1.807, 2.05) is 54.7 Å². The van der Waals surface area contributed by atoms with Gasteiger partial charge in [-0.05, 0) is 22.4 Å². The number of nitrogen functional groups attached to an aromatic ring is 1. The highest BCUT2D eigenvalue weighted by Crippen LogP contribution is 2.33. The SMILES string of the molecule is N=C(N)c1cccc2cc(-c3ncc(-c4ccccc4)s3)ccc12. The smallest absolute Gasteiger partial charge is 0.123 e. The Hall–Kier alpha value is -2.98. The molecule has 0 amide bonds. The van der Waals surface area contributed by atoms with Crippen molar-refractivity contribution in [2.45, 2.75) is 0 Å². The lowest BCUT2D eigenvalue weighted by Gasteiger charge is -2.06. The molecule has 3 N–H and O–H groups in total. The molecule has 0 unspecified atom stereocenters. The zero-order valence-electron chi connectivity index (χ0n) is 12.9. The summed E-state index contributed by atoms with van der Waals surface area (Å²) >= 11 is 1.68. The molecule has 0 bridgehead atoms. The molecule has 0 spiro atoms. The molecule has 4 rings (SSSR count). The normalized spacial score (nSPS) is 10.8. The van der Waals surface area contributed by atoms with Gasteiger partial charge >= 0.3 is 0 Å². The molecule has 0 saturated heterocycles. The van der Waals surface area contributed by atoms with Crippen molar-refractivity contribution in [2.75, 3.05) is 0 Å². The Morgan fingerprint density at radius 3 is 2.54 bits per heavy atom. The first-order valence-electron chi connectivity index (χ1n) is 7.61. The second kappa shape index (κ2) is 5.91. The first-order valence-corrected chi connectivity index (χ1v) is 8.43. The van der Waals surface area contributed by atoms with Crippen LogP contribution in [0.25, 0.3) is 31.8 Å². The molecular weight excluding hydrogens is 314 g/mol. The van der Waals surface area contributed by atoms with Crippen molar-refractivity contribution >= 4 is 27.9 Å². The van der Waals surface area contributed by atoms with Gasteiger partial charge in [-0.2, -0.15) is 0 Å². The lowest BCUT2D eigenvalue weighted by atomic mass is 10.0. The maximum Gasteiger partial charge on any atom is 0.123 e. The highest BCUT2D eigenvalue weighted by molar-refractivity contribution is 7.18. The number of thiazole rings is 1. The summed E-state index contributed by atoms with van der Waals surface area (Å²) < 4.78 is 0. The molecule has 116 valence electrons. The third-order valence-corrected chi connectivity index (χ3v) is 5.08. The number of hydrogen-bond donors (Lipinski definition) is 2. The van der Waals surface area contributed by atoms with Crippen molar-refractivity contribution in [1.29, 1.82) is 5.41 Å². The molecular formula is C20H15N3S. The largest absolute Gasteiger partial charge is 0.384 e. The molecule has 0 atom stereocenters. The van der Waals surface area contributed by atoms with Gasteiger partial charge in [0.25, 0.3) is 0 Å². The van der Waals surface area contributed by atoms with Crippen molar-refractivity contribution < 1.29 is 0 Å². The topological polar surface area (TPSA) is 62.8 Å². The molecule has 1 heterocycles. The Morgan fingerprint density at radius 2 is 1.75 bits per heavy atom. The molecule has 0 aliphatic carbocycles. The number of fused-ring (bicyclic) bond motifs is 1. The van der Waals surface area contributed by atoms with Crippen LogP contribution in [-0.2, 0) is 0 Å². The quantitative estimate of drug-likeness (QED) is 0.414. The molecule has 0 aliphatic rings. The monoisotopic (exact) mass is 329 g/mol. The predicted octanol–water partition coefficient (Wildman–Crippen LogP) is 4.91. The van der Waals surface area contributed by atoms with E-state index in [2.05, 4.69) is 23.2 Å². The first kappa shape index (κ1) is 14.6. The first-order chi connectivity index (χ1) is 11.7. The van der Waals surface area contributed by atoms with Gasteiger partial charge < -0.3 is 5.73 Å². The molecule has 4 heteroatoms. The van der Waals surface area contributed by atoms with E-state index in [0.29, 0.717) is 0 Å². The fourth-order valence-electron chi connectivity index (χ4n) is 2.80. The van der Waals surface area contributed by atoms with Crippen LogP contribution in [0.1, 0.15) is 5.56 Å². The van der Waals surface area contributed by atoms with Gasteiger partial charge in [-0.15, -0.1) is 11.3 Å². The number of aromatic nitrogens is 1. The van der Waals surface area contributed by atoms with Crippen LogP contribution in [0.15, 0.2) is 72.9 Å². The van der Waals surface area contributed by atoms with Crippen molar-refractivity contribution in [3.8, 4) is 21.0 Å². The van der Waals surface area contributed by atoms with Crippen LogP contribution in [0.4, 0.5) is 0 Å². The number of hydrogen-bond acceptors (Lipinski definition) is 3. The van der Waals surface area contributed by atoms with E-state index in [1.54, 1.807) is 11.3 Å². The van der Waals surface area contributed by atoms with E-state index in [9.17, 15) is 0 Å². The van der Waals surface area contributed by atoms with E-state index in [1.165, 1.54) is 5.56 Å². The van der Waals surface area contributed by atoms with Gasteiger partial charge in [0.15, 0.2) is 0 Å². The van der Waals surface area contributed by atoms with Gasteiger partial charge in [-0.3, -0.25) is 5.41 Å². The number of nitrogens with two attached hydrogens (primary N) is 1. The average molecular weight is 329 g/mol. The third kappa shape index (κ3) is 2.57. The summed E-state index contributed by atoms with van der Waals surface area (Å²) in [5, 5.41) is 10.8. The van der Waals surface area contributed by atoms with Crippen molar-refractivity contribution in [2.24, 2.45) is 5.73 Å². The molecule has 24 heavy (non-hydrogen) atoms. The lowest BCUT2D eigenvalue weighted by Crippen LogP contribution is -2.11. The Bertz CT molecular complexity index is 1040. The van der Waals surface area contributed by atoms with Gasteiger partial charge in [0.2, 0.25) is 0 Å². The standard InChI is InChI=1S/C20H15N3S/c21-19(22)17-8-4-7-14-11-15(9-10-16(14)17)20-23-12-18(24-20)13-5-2-1-3-6-13/h1-12H,(H3,21,22). The fourth-order valence-corrected chi connectivity index (χ4v) is 3.71. The third-order valence-electron chi connectivity index (χ3n) is 3.98. The zero-order valence-corrected chi connectivity index (χ0v) is 13.7. The zero-order chi connectivity index (χ0) is 16.5. The van der Waals surface area contributed by atoms with Crippen LogP contribution in [0, 0.1) is 5.41 Å². The number of amidine groups is 1. The molecule has 3 nitrogen and oxygen atoms in total. The molecule has 0 saturated carbocycles. The van der Waals surface area contributed by atoms with Gasteiger partial charge in [0, 0.05) is 17.3 Å². The van der Waals surface area contributed by atoms with E-state index >= 15 is 0 Å². The van der Waals surface area contributed by atoms with E-state index in [-0.39, 0.29) is 5.84 Å². The minimum Gasteiger partial charge on any atom is -0.384 e. The second-order valence-electron chi connectivity index (χ2n) is 5.55. The van der Waals surface area contributed by atoms with E-state index in [0.717, 1.165) is 31.8 Å². The number of nitrogens with zero attached hydrogens (tertiary/aromatic N) is 1. The van der Waals surface area contributed by atoms with Gasteiger partial charge in [0.05, 0.1) is 4.88 Å². The highest BCUT2D eigenvalue weighted by Gasteiger charge is 2.09. The summed E-state index contributed by atoms with van der Waals surface area (Å²) in [6.45, 7) is 0. The fraction of sp³-hybridized carbons (Fsp3) is 0. The number of benzene rings is 3. The summed E-state index contributed by atoms with van der Waals surface area (Å²) in [7, 11) is 0. The Balaban J connectivity index is 1.78. The predicted molar refractivity (Wildman–Crippen MR) is 102 cm³/mol. The molecule has 0 radical (unpaired) electrons. The maximum absolute atomic E-state index is 7.70. The Kier molecular flexibility index (Phi) is 3.59. The van der Waals surface area contributed by atoms with Gasteiger partial charge in [-0.1, -0.05) is 60.7 Å². The summed E-state index contributed by atoms with van der Waals surface area (Å²) in [5.41, 5.74) is 8.70. The minimum atomic E-state index is 0.0916. The molecule has 3 aromatic carbocycles. The molecule has 1 aromatic heterocycles. The van der Waals surface area contributed by atoms with Crippen molar-refractivity contribution in [3.05, 3.63) is 78.5 Å². The van der Waals surface area contributed by atoms with Crippen molar-refractivity contribution in [3.63, 3.8) is 0 Å². The number of nitrogens with one attached hydrogen (secondary N) is 1. The maximum atomic E-state index is 7.70. The summed E-state index contributed by atoms with van der Waals surface area (Å²) in [4.78, 5) is 5.73. The lowest BCUT2D eigenvalue weighted by molar-refractivity contribution is 1.41. The van der Waals surface area contributed by atoms with Crippen LogP contribution in [0.5, 0.6) is 0 Å². The van der Waals surface area contributed by atoms with Crippen LogP contribution in [-0.4, -0.2) is 10.8 Å². The van der Waals surface area contributed by atoms with Crippen molar-refractivity contribution in [1.82, 2.24) is 4.98 Å². The molecule has 4 aromatic rings. The van der Waals surface area contributed by atoms with Crippen LogP contribution >= 0.6 is 11.3 Å². The second-order valence-corrected chi connectivity index (χ2v) is 6.58. The summed E-state index contributed by atoms with van der Waals surface area (Å²) in [6, 6.07) is 22.3. The summed E-state index contributed by atoms with van der Waals surface area (Å²) in [5.74, 6) is 0.0916. The summed E-state index contributed by atoms with van der Waals surface area (Å²) in [6.07, 6.45) is 1.92.